The molecule has 3 rings (SSSR count). The maximum absolute atomic E-state index is 12.4. The monoisotopic (exact) mass is 362 g/mol. The van der Waals surface area contributed by atoms with Crippen molar-refractivity contribution >= 4 is 21.6 Å². The summed E-state index contributed by atoms with van der Waals surface area (Å²) in [7, 11) is -3.80. The number of sulfonamides is 1. The van der Waals surface area contributed by atoms with E-state index in [1.807, 2.05) is 0 Å². The number of nitro benzene ring substituents is 1. The van der Waals surface area contributed by atoms with Crippen molar-refractivity contribution in [2.24, 2.45) is 0 Å². The van der Waals surface area contributed by atoms with Gasteiger partial charge in [-0.3, -0.25) is 14.9 Å². The number of carbonyl (C=O) groups is 1. The first kappa shape index (κ1) is 16.9. The van der Waals surface area contributed by atoms with Gasteiger partial charge in [0.15, 0.2) is 0 Å². The lowest BCUT2D eigenvalue weighted by molar-refractivity contribution is -0.384. The Balaban J connectivity index is 1.58. The number of benzene rings is 2. The summed E-state index contributed by atoms with van der Waals surface area (Å²) >= 11 is 0. The molecule has 2 aromatic carbocycles. The zero-order valence-corrected chi connectivity index (χ0v) is 13.8. The minimum atomic E-state index is -3.80. The summed E-state index contributed by atoms with van der Waals surface area (Å²) < 4.78 is 31.0. The number of non-ortho nitro benzene ring substituents is 1. The minimum absolute atomic E-state index is 0.00281. The van der Waals surface area contributed by atoms with E-state index in [0.29, 0.717) is 12.2 Å². The van der Waals surface area contributed by atoms with Crippen LogP contribution in [0.5, 0.6) is 5.75 Å². The molecular weight excluding hydrogens is 348 g/mol. The van der Waals surface area contributed by atoms with Crippen LogP contribution in [0.15, 0.2) is 53.4 Å². The predicted molar refractivity (Wildman–Crippen MR) is 87.9 cm³/mol. The van der Waals surface area contributed by atoms with Gasteiger partial charge in [-0.25, -0.2) is 12.7 Å². The molecule has 0 unspecified atom stereocenters. The molecule has 130 valence electrons. The Labute approximate surface area is 143 Å². The van der Waals surface area contributed by atoms with Gasteiger partial charge in [0.1, 0.15) is 10.6 Å². The number of amides is 1. The topological polar surface area (TPSA) is 107 Å². The number of rotatable bonds is 6. The van der Waals surface area contributed by atoms with Gasteiger partial charge in [-0.15, -0.1) is 0 Å². The highest BCUT2D eigenvalue weighted by atomic mass is 32.2. The average molecular weight is 362 g/mol. The van der Waals surface area contributed by atoms with Crippen LogP contribution in [0.25, 0.3) is 0 Å². The fraction of sp³-hybridized carbons (Fsp3) is 0.188. The quantitative estimate of drug-likeness (QED) is 0.443. The molecule has 9 heteroatoms. The highest BCUT2D eigenvalue weighted by molar-refractivity contribution is 7.90. The zero-order valence-electron chi connectivity index (χ0n) is 13.0. The smallest absolute Gasteiger partial charge is 0.269 e. The Morgan fingerprint density at radius 3 is 2.40 bits per heavy atom. The summed E-state index contributed by atoms with van der Waals surface area (Å²) in [5.74, 6) is -0.101. The van der Waals surface area contributed by atoms with Gasteiger partial charge in [-0.2, -0.15) is 0 Å². The van der Waals surface area contributed by atoms with Crippen LogP contribution in [-0.2, 0) is 10.0 Å². The minimum Gasteiger partial charge on any atom is -0.494 e. The van der Waals surface area contributed by atoms with Crippen LogP contribution in [0.1, 0.15) is 16.8 Å². The molecule has 0 aromatic heterocycles. The summed E-state index contributed by atoms with van der Waals surface area (Å²) in [5, 5.41) is 10.6. The van der Waals surface area contributed by atoms with Gasteiger partial charge in [0.05, 0.1) is 17.1 Å². The van der Waals surface area contributed by atoms with Crippen LogP contribution < -0.4 is 4.74 Å². The molecule has 1 aliphatic heterocycles. The highest BCUT2D eigenvalue weighted by Crippen LogP contribution is 2.29. The molecule has 1 heterocycles. The summed E-state index contributed by atoms with van der Waals surface area (Å²) in [5.41, 5.74) is 0.137. The lowest BCUT2D eigenvalue weighted by Crippen LogP contribution is -2.31. The van der Waals surface area contributed by atoms with Crippen LogP contribution >= 0.6 is 0 Å². The van der Waals surface area contributed by atoms with Gasteiger partial charge < -0.3 is 4.74 Å². The molecule has 8 nitrogen and oxygen atoms in total. The van der Waals surface area contributed by atoms with E-state index in [0.717, 1.165) is 4.31 Å². The van der Waals surface area contributed by atoms with Crippen molar-refractivity contribution in [3.63, 3.8) is 0 Å². The Hall–Kier alpha value is -2.94. The number of nitro groups is 1. The Morgan fingerprint density at radius 2 is 1.76 bits per heavy atom. The van der Waals surface area contributed by atoms with Crippen molar-refractivity contribution < 1.29 is 22.9 Å². The van der Waals surface area contributed by atoms with Gasteiger partial charge in [0, 0.05) is 25.1 Å². The zero-order chi connectivity index (χ0) is 18.0. The van der Waals surface area contributed by atoms with Gasteiger partial charge in [0.25, 0.3) is 21.6 Å². The van der Waals surface area contributed by atoms with Crippen molar-refractivity contribution in [2.75, 3.05) is 13.2 Å². The lowest BCUT2D eigenvalue weighted by atomic mass is 10.2. The SMILES string of the molecule is O=C1c2ccccc2S(=O)(=O)N1CCCOc1ccc([N+](=O)[O-])cc1. The summed E-state index contributed by atoms with van der Waals surface area (Å²) in [6.07, 6.45) is 0.302. The van der Waals surface area contributed by atoms with E-state index >= 15 is 0 Å². The van der Waals surface area contributed by atoms with Crippen molar-refractivity contribution in [1.82, 2.24) is 4.31 Å². The molecule has 0 N–H and O–H groups in total. The number of hydrogen-bond acceptors (Lipinski definition) is 6. The molecule has 0 radical (unpaired) electrons. The molecular formula is C16H14N2O6S. The van der Waals surface area contributed by atoms with Gasteiger partial charge in [0.2, 0.25) is 0 Å². The Kier molecular flexibility index (Phi) is 4.41. The van der Waals surface area contributed by atoms with Crippen LogP contribution in [0, 0.1) is 10.1 Å². The van der Waals surface area contributed by atoms with E-state index < -0.39 is 20.9 Å². The standard InChI is InChI=1S/C16H14N2O6S/c19-16-14-4-1-2-5-15(14)25(22,23)17(16)10-3-11-24-13-8-6-12(7-9-13)18(20)21/h1-2,4-9H,3,10-11H2. The lowest BCUT2D eigenvalue weighted by Gasteiger charge is -2.15. The van der Waals surface area contributed by atoms with Crippen LogP contribution in [-0.4, -0.2) is 36.7 Å². The Bertz CT molecular complexity index is 924. The highest BCUT2D eigenvalue weighted by Gasteiger charge is 2.40. The van der Waals surface area contributed by atoms with E-state index in [1.54, 1.807) is 12.1 Å². The molecule has 0 fully saturated rings. The van der Waals surface area contributed by atoms with Crippen LogP contribution in [0.4, 0.5) is 5.69 Å². The molecule has 0 saturated heterocycles. The summed E-state index contributed by atoms with van der Waals surface area (Å²) in [6.45, 7) is 0.177. The number of fused-ring (bicyclic) bond motifs is 1. The third kappa shape index (κ3) is 3.18. The maximum atomic E-state index is 12.4. The van der Waals surface area contributed by atoms with Gasteiger partial charge in [-0.05, 0) is 24.3 Å². The summed E-state index contributed by atoms with van der Waals surface area (Å²) in [6, 6.07) is 11.7. The molecule has 0 spiro atoms. The van der Waals surface area contributed by atoms with E-state index in [-0.39, 0.29) is 29.3 Å². The van der Waals surface area contributed by atoms with Crippen LogP contribution in [0.2, 0.25) is 0 Å². The molecule has 1 amide bonds. The molecule has 25 heavy (non-hydrogen) atoms. The normalized spacial score (nSPS) is 15.0. The number of ether oxygens (including phenoxy) is 1. The molecule has 0 bridgehead atoms. The van der Waals surface area contributed by atoms with E-state index in [4.69, 9.17) is 4.74 Å². The second kappa shape index (κ2) is 6.52. The van der Waals surface area contributed by atoms with Crippen molar-refractivity contribution in [3.05, 3.63) is 64.2 Å². The van der Waals surface area contributed by atoms with E-state index in [1.165, 1.54) is 36.4 Å². The van der Waals surface area contributed by atoms with Crippen molar-refractivity contribution in [2.45, 2.75) is 11.3 Å². The first-order valence-corrected chi connectivity index (χ1v) is 8.88. The third-order valence-electron chi connectivity index (χ3n) is 3.73. The molecule has 0 atom stereocenters. The number of hydrogen-bond donors (Lipinski definition) is 0. The van der Waals surface area contributed by atoms with Crippen LogP contribution in [0.3, 0.4) is 0 Å². The first-order valence-electron chi connectivity index (χ1n) is 7.44. The van der Waals surface area contributed by atoms with Gasteiger partial charge >= 0.3 is 0 Å². The predicted octanol–water partition coefficient (Wildman–Crippen LogP) is 2.21. The fourth-order valence-corrected chi connectivity index (χ4v) is 4.12. The largest absolute Gasteiger partial charge is 0.494 e. The molecule has 2 aromatic rings. The first-order chi connectivity index (χ1) is 11.9. The maximum Gasteiger partial charge on any atom is 0.269 e. The van der Waals surface area contributed by atoms with Gasteiger partial charge in [-0.1, -0.05) is 12.1 Å². The summed E-state index contributed by atoms with van der Waals surface area (Å²) in [4.78, 5) is 22.3. The average Bonchev–Trinajstić information content (AvgIpc) is 2.79. The number of nitrogens with zero attached hydrogens (tertiary/aromatic N) is 2. The molecule has 0 aliphatic carbocycles. The number of carbonyl (C=O) groups excluding carboxylic acids is 1. The van der Waals surface area contributed by atoms with E-state index in [9.17, 15) is 23.3 Å². The second-order valence-corrected chi connectivity index (χ2v) is 7.16. The molecule has 0 saturated carbocycles. The third-order valence-corrected chi connectivity index (χ3v) is 5.57. The fourth-order valence-electron chi connectivity index (χ4n) is 2.51. The van der Waals surface area contributed by atoms with Crippen molar-refractivity contribution in [1.29, 1.82) is 0 Å². The second-order valence-electron chi connectivity index (χ2n) is 5.33. The van der Waals surface area contributed by atoms with E-state index in [2.05, 4.69) is 0 Å². The van der Waals surface area contributed by atoms with Crippen molar-refractivity contribution in [3.8, 4) is 5.75 Å². The molecule has 1 aliphatic rings. The Morgan fingerprint density at radius 1 is 1.08 bits per heavy atom.